The smallest absolute Gasteiger partial charge is 0.173 e. The molecule has 5 heteroatoms. The fourth-order valence-corrected chi connectivity index (χ4v) is 6.06. The number of benzene rings is 3. The Balaban J connectivity index is 2.29. The van der Waals surface area contributed by atoms with Gasteiger partial charge in [-0.3, -0.25) is 0 Å². The van der Waals surface area contributed by atoms with Crippen LogP contribution in [-0.2, 0) is 0 Å². The summed E-state index contributed by atoms with van der Waals surface area (Å²) in [4.78, 5) is 0. The number of halogens is 3. The third-order valence-electron chi connectivity index (χ3n) is 7.79. The Morgan fingerprint density at radius 2 is 1.67 bits per heavy atom. The third kappa shape index (κ3) is 7.21. The average molecular weight is 556 g/mol. The van der Waals surface area contributed by atoms with Gasteiger partial charge in [-0.05, 0) is 79.0 Å². The molecule has 39 heavy (non-hydrogen) atoms. The van der Waals surface area contributed by atoms with E-state index in [9.17, 15) is 0 Å². The molecule has 3 rings (SSSR count). The summed E-state index contributed by atoms with van der Waals surface area (Å²) < 4.78 is 37.8. The molecule has 0 heterocycles. The highest BCUT2D eigenvalue weighted by Gasteiger charge is 2.31. The molecule has 0 aromatic heterocycles. The Morgan fingerprint density at radius 3 is 2.31 bits per heavy atom. The lowest BCUT2D eigenvalue weighted by molar-refractivity contribution is 0.291. The second-order valence-corrected chi connectivity index (χ2v) is 11.1. The summed E-state index contributed by atoms with van der Waals surface area (Å²) in [5.74, 6) is -0.707. The van der Waals surface area contributed by atoms with Crippen LogP contribution < -0.4 is 10.1 Å². The highest BCUT2D eigenvalue weighted by atomic mass is 35.5. The lowest BCUT2D eigenvalue weighted by Gasteiger charge is -2.30. The standard InChI is InChI=1S/C34H44ClF2NO/c1-7-9-13-19-39-29-18-17-26(23(4)21-38-6)31(34(29)37)32-30(22(3)20-28(36)33(32)35)24(5)27(14-8-2)25-15-11-10-12-16-25/h10-12,15-18,20,23-24,27,38H,7-9,13-14,19,21H2,1-6H3/t23?,24-,27?/m1/s1. The van der Waals surface area contributed by atoms with Gasteiger partial charge in [0.05, 0.1) is 11.6 Å². The van der Waals surface area contributed by atoms with E-state index in [1.807, 2.05) is 45.2 Å². The van der Waals surface area contributed by atoms with Crippen molar-refractivity contribution < 1.29 is 13.5 Å². The molecular formula is C34H44ClF2NO. The van der Waals surface area contributed by atoms with Gasteiger partial charge >= 0.3 is 0 Å². The van der Waals surface area contributed by atoms with Crippen LogP contribution in [0.2, 0.25) is 5.02 Å². The number of ether oxygens (including phenoxy) is 1. The predicted molar refractivity (Wildman–Crippen MR) is 161 cm³/mol. The van der Waals surface area contributed by atoms with Gasteiger partial charge in [0, 0.05) is 17.7 Å². The maximum absolute atomic E-state index is 16.6. The van der Waals surface area contributed by atoms with Crippen molar-refractivity contribution in [3.05, 3.63) is 87.4 Å². The minimum atomic E-state index is -0.534. The quantitative estimate of drug-likeness (QED) is 0.200. The van der Waals surface area contributed by atoms with Crippen LogP contribution in [0.15, 0.2) is 48.5 Å². The van der Waals surface area contributed by atoms with Crippen LogP contribution in [0.3, 0.4) is 0 Å². The van der Waals surface area contributed by atoms with Crippen LogP contribution in [-0.4, -0.2) is 20.2 Å². The Kier molecular flexibility index (Phi) is 11.8. The number of hydrogen-bond acceptors (Lipinski definition) is 2. The second-order valence-electron chi connectivity index (χ2n) is 10.7. The topological polar surface area (TPSA) is 21.3 Å². The molecule has 2 unspecified atom stereocenters. The molecular weight excluding hydrogens is 512 g/mol. The van der Waals surface area contributed by atoms with E-state index >= 15 is 8.78 Å². The number of unbranched alkanes of at least 4 members (excludes halogenated alkanes) is 2. The summed E-state index contributed by atoms with van der Waals surface area (Å²) in [6.45, 7) is 11.5. The lowest BCUT2D eigenvalue weighted by Crippen LogP contribution is -2.17. The number of rotatable bonds is 14. The summed E-state index contributed by atoms with van der Waals surface area (Å²) in [6.07, 6.45) is 4.86. The number of aryl methyl sites for hydroxylation is 1. The Bertz CT molecular complexity index is 1210. The Labute approximate surface area is 239 Å². The number of hydrogen-bond donors (Lipinski definition) is 1. The first-order valence-electron chi connectivity index (χ1n) is 14.4. The molecule has 1 N–H and O–H groups in total. The van der Waals surface area contributed by atoms with Gasteiger partial charge in [-0.2, -0.15) is 0 Å². The highest BCUT2D eigenvalue weighted by Crippen LogP contribution is 2.48. The van der Waals surface area contributed by atoms with Gasteiger partial charge < -0.3 is 10.1 Å². The van der Waals surface area contributed by atoms with Crippen molar-refractivity contribution in [1.29, 1.82) is 0 Å². The molecule has 0 bridgehead atoms. The molecule has 3 aromatic carbocycles. The van der Waals surface area contributed by atoms with Crippen molar-refractivity contribution >= 4 is 11.6 Å². The fraction of sp³-hybridized carbons (Fsp3) is 0.471. The number of nitrogens with one attached hydrogen (secondary N) is 1. The summed E-state index contributed by atoms with van der Waals surface area (Å²) in [7, 11) is 1.87. The number of likely N-dealkylation sites (N-methyl/N-ethyl adjacent to an activating group) is 1. The Hall–Kier alpha value is -2.43. The van der Waals surface area contributed by atoms with E-state index in [1.54, 1.807) is 6.07 Å². The first-order valence-corrected chi connectivity index (χ1v) is 14.8. The van der Waals surface area contributed by atoms with Gasteiger partial charge in [0.15, 0.2) is 11.6 Å². The van der Waals surface area contributed by atoms with Gasteiger partial charge in [-0.25, -0.2) is 8.78 Å². The zero-order valence-corrected chi connectivity index (χ0v) is 25.1. The van der Waals surface area contributed by atoms with Gasteiger partial charge in [-0.15, -0.1) is 0 Å². The van der Waals surface area contributed by atoms with E-state index in [0.717, 1.165) is 48.8 Å². The van der Waals surface area contributed by atoms with Crippen LogP contribution in [0.25, 0.3) is 11.1 Å². The maximum atomic E-state index is 16.6. The van der Waals surface area contributed by atoms with Crippen LogP contribution in [0.5, 0.6) is 5.75 Å². The molecule has 2 nitrogen and oxygen atoms in total. The summed E-state index contributed by atoms with van der Waals surface area (Å²) in [5, 5.41) is 3.16. The molecule has 0 radical (unpaired) electrons. The van der Waals surface area contributed by atoms with Gasteiger partial charge in [0.2, 0.25) is 0 Å². The SMILES string of the molecule is CCCCCOc1ccc(C(C)CNC)c(-c2c(Cl)c(F)cc(C)c2[C@H](C)C(CCC)c2ccccc2)c1F. The van der Waals surface area contributed by atoms with E-state index in [4.69, 9.17) is 16.3 Å². The summed E-state index contributed by atoms with van der Waals surface area (Å²) >= 11 is 6.80. The van der Waals surface area contributed by atoms with Crippen LogP contribution in [0.1, 0.15) is 99.8 Å². The van der Waals surface area contributed by atoms with E-state index in [0.29, 0.717) is 24.3 Å². The molecule has 0 fully saturated rings. The fourth-order valence-electron chi connectivity index (χ4n) is 5.81. The first kappa shape index (κ1) is 31.1. The zero-order valence-electron chi connectivity index (χ0n) is 24.3. The molecule has 0 saturated heterocycles. The summed E-state index contributed by atoms with van der Waals surface area (Å²) in [5.41, 5.74) is 4.47. The molecule has 212 valence electrons. The molecule has 0 aliphatic carbocycles. The average Bonchev–Trinajstić information content (AvgIpc) is 2.92. The van der Waals surface area contributed by atoms with E-state index in [1.165, 1.54) is 11.6 Å². The third-order valence-corrected chi connectivity index (χ3v) is 8.16. The predicted octanol–water partition coefficient (Wildman–Crippen LogP) is 10.2. The van der Waals surface area contributed by atoms with Crippen molar-refractivity contribution in [2.24, 2.45) is 0 Å². The van der Waals surface area contributed by atoms with Crippen molar-refractivity contribution in [1.82, 2.24) is 5.32 Å². The molecule has 0 aliphatic heterocycles. The minimum Gasteiger partial charge on any atom is -0.490 e. The lowest BCUT2D eigenvalue weighted by atomic mass is 9.75. The van der Waals surface area contributed by atoms with Crippen molar-refractivity contribution in [2.75, 3.05) is 20.2 Å². The van der Waals surface area contributed by atoms with Gasteiger partial charge in [-0.1, -0.05) is 95.0 Å². The van der Waals surface area contributed by atoms with Crippen LogP contribution in [0.4, 0.5) is 8.78 Å². The van der Waals surface area contributed by atoms with E-state index < -0.39 is 11.6 Å². The van der Waals surface area contributed by atoms with Crippen LogP contribution in [0, 0.1) is 18.6 Å². The van der Waals surface area contributed by atoms with E-state index in [-0.39, 0.29) is 28.5 Å². The summed E-state index contributed by atoms with van der Waals surface area (Å²) in [6, 6.07) is 15.5. The van der Waals surface area contributed by atoms with Crippen LogP contribution >= 0.6 is 11.6 Å². The highest BCUT2D eigenvalue weighted by molar-refractivity contribution is 6.33. The van der Waals surface area contributed by atoms with Crippen molar-refractivity contribution in [3.63, 3.8) is 0 Å². The second kappa shape index (κ2) is 14.8. The minimum absolute atomic E-state index is 0.0264. The van der Waals surface area contributed by atoms with Gasteiger partial charge in [0.1, 0.15) is 5.82 Å². The van der Waals surface area contributed by atoms with Gasteiger partial charge in [0.25, 0.3) is 0 Å². The Morgan fingerprint density at radius 1 is 0.949 bits per heavy atom. The molecule has 3 aromatic rings. The first-order chi connectivity index (χ1) is 18.8. The largest absolute Gasteiger partial charge is 0.490 e. The zero-order chi connectivity index (χ0) is 28.5. The van der Waals surface area contributed by atoms with Crippen molar-refractivity contribution in [2.45, 2.75) is 84.5 Å². The molecule has 3 atom stereocenters. The molecule has 0 spiro atoms. The molecule has 0 saturated carbocycles. The molecule has 0 amide bonds. The van der Waals surface area contributed by atoms with Crippen molar-refractivity contribution in [3.8, 4) is 16.9 Å². The molecule has 0 aliphatic rings. The van der Waals surface area contributed by atoms with E-state index in [2.05, 4.69) is 38.2 Å². The maximum Gasteiger partial charge on any atom is 0.173 e. The monoisotopic (exact) mass is 555 g/mol. The normalized spacial score (nSPS) is 13.8.